The maximum absolute atomic E-state index is 13.0. The van der Waals surface area contributed by atoms with Crippen LogP contribution in [-0.4, -0.2) is 37.1 Å². The Bertz CT molecular complexity index is 722. The molecule has 0 spiro atoms. The van der Waals surface area contributed by atoms with Gasteiger partial charge in [-0.05, 0) is 25.5 Å². The molecule has 1 aliphatic rings. The standard InChI is InChI=1S/C21H26NO2/c1-4-22(3,5-2)16-15-21(17-11-7-6-8-12-17)18-13-9-10-14-19(18)24-20(21)23/h6-14H,4-5,15-16H2,1-3H3/q+1. The normalized spacial score (nSPS) is 19.9. The van der Waals surface area contributed by atoms with Crippen LogP contribution < -0.4 is 4.74 Å². The van der Waals surface area contributed by atoms with Crippen LogP contribution in [0, 0.1) is 0 Å². The summed E-state index contributed by atoms with van der Waals surface area (Å²) in [6.45, 7) is 7.46. The molecule has 0 N–H and O–H groups in total. The monoisotopic (exact) mass is 324 g/mol. The van der Waals surface area contributed by atoms with Gasteiger partial charge in [-0.25, -0.2) is 0 Å². The molecule has 2 aromatic rings. The average Bonchev–Trinajstić information content (AvgIpc) is 2.93. The van der Waals surface area contributed by atoms with Crippen molar-refractivity contribution in [2.45, 2.75) is 25.7 Å². The topological polar surface area (TPSA) is 26.3 Å². The molecule has 0 aromatic heterocycles. The summed E-state index contributed by atoms with van der Waals surface area (Å²) in [5.41, 5.74) is 1.33. The molecule has 126 valence electrons. The zero-order valence-corrected chi connectivity index (χ0v) is 14.8. The third kappa shape index (κ3) is 2.63. The maximum Gasteiger partial charge on any atom is 0.326 e. The highest BCUT2D eigenvalue weighted by atomic mass is 16.5. The number of fused-ring (bicyclic) bond motifs is 1. The summed E-state index contributed by atoms with van der Waals surface area (Å²) in [4.78, 5) is 13.0. The highest BCUT2D eigenvalue weighted by molar-refractivity contribution is 5.94. The van der Waals surface area contributed by atoms with Gasteiger partial charge in [-0.3, -0.25) is 4.79 Å². The van der Waals surface area contributed by atoms with Gasteiger partial charge < -0.3 is 9.22 Å². The Balaban J connectivity index is 2.09. The van der Waals surface area contributed by atoms with Crippen LogP contribution in [0.25, 0.3) is 0 Å². The summed E-state index contributed by atoms with van der Waals surface area (Å²) in [5, 5.41) is 0. The molecule has 3 heteroatoms. The van der Waals surface area contributed by atoms with E-state index < -0.39 is 5.41 Å². The van der Waals surface area contributed by atoms with Gasteiger partial charge in [-0.1, -0.05) is 48.5 Å². The minimum Gasteiger partial charge on any atom is -0.425 e. The van der Waals surface area contributed by atoms with E-state index >= 15 is 0 Å². The number of ether oxygens (including phenoxy) is 1. The Morgan fingerprint density at radius 1 is 0.958 bits per heavy atom. The lowest BCUT2D eigenvalue weighted by Gasteiger charge is -2.36. The van der Waals surface area contributed by atoms with E-state index in [9.17, 15) is 4.79 Å². The molecule has 3 nitrogen and oxygen atoms in total. The number of carbonyl (C=O) groups excluding carboxylic acids is 1. The van der Waals surface area contributed by atoms with Crippen molar-refractivity contribution in [1.82, 2.24) is 0 Å². The quantitative estimate of drug-likeness (QED) is 0.459. The Kier molecular flexibility index (Phi) is 4.46. The average molecular weight is 324 g/mol. The SMILES string of the molecule is CC[N+](C)(CC)CCC1(c2ccccc2)C(=O)Oc2ccccc21. The summed E-state index contributed by atoms with van der Waals surface area (Å²) in [6, 6.07) is 17.9. The number of para-hydroxylation sites is 1. The minimum absolute atomic E-state index is 0.145. The van der Waals surface area contributed by atoms with Crippen LogP contribution in [0.3, 0.4) is 0 Å². The first-order valence-corrected chi connectivity index (χ1v) is 8.76. The second-order valence-electron chi connectivity index (χ2n) is 6.88. The van der Waals surface area contributed by atoms with Crippen LogP contribution in [0.15, 0.2) is 54.6 Å². The lowest BCUT2D eigenvalue weighted by atomic mass is 9.73. The van der Waals surface area contributed by atoms with E-state index in [1.807, 2.05) is 54.6 Å². The number of carbonyl (C=O) groups is 1. The summed E-state index contributed by atoms with van der Waals surface area (Å²) in [7, 11) is 2.25. The van der Waals surface area contributed by atoms with Crippen molar-refractivity contribution in [2.24, 2.45) is 0 Å². The summed E-state index contributed by atoms with van der Waals surface area (Å²) >= 11 is 0. The molecular weight excluding hydrogens is 298 g/mol. The predicted octanol–water partition coefficient (Wildman–Crippen LogP) is 3.77. The van der Waals surface area contributed by atoms with E-state index in [0.717, 1.165) is 41.7 Å². The van der Waals surface area contributed by atoms with Crippen molar-refractivity contribution in [3.05, 3.63) is 65.7 Å². The smallest absolute Gasteiger partial charge is 0.326 e. The summed E-state index contributed by atoms with van der Waals surface area (Å²) in [5.74, 6) is 0.558. The fourth-order valence-electron chi connectivity index (χ4n) is 3.56. The number of hydrogen-bond donors (Lipinski definition) is 0. The minimum atomic E-state index is -0.693. The van der Waals surface area contributed by atoms with E-state index in [1.54, 1.807) is 0 Å². The molecule has 0 radical (unpaired) electrons. The van der Waals surface area contributed by atoms with Gasteiger partial charge in [0.2, 0.25) is 0 Å². The summed E-state index contributed by atoms with van der Waals surface area (Å²) < 4.78 is 6.61. The van der Waals surface area contributed by atoms with Crippen molar-refractivity contribution < 1.29 is 14.0 Å². The zero-order valence-electron chi connectivity index (χ0n) is 14.8. The van der Waals surface area contributed by atoms with E-state index in [2.05, 4.69) is 20.9 Å². The molecule has 0 saturated heterocycles. The molecule has 0 fully saturated rings. The molecule has 1 heterocycles. The largest absolute Gasteiger partial charge is 0.425 e. The van der Waals surface area contributed by atoms with E-state index in [1.165, 1.54) is 0 Å². The van der Waals surface area contributed by atoms with Crippen molar-refractivity contribution >= 4 is 5.97 Å². The molecule has 1 atom stereocenters. The molecule has 0 aliphatic carbocycles. The Morgan fingerprint density at radius 2 is 1.58 bits per heavy atom. The number of esters is 1. The van der Waals surface area contributed by atoms with Gasteiger partial charge in [0.15, 0.2) is 0 Å². The highest BCUT2D eigenvalue weighted by Gasteiger charge is 2.51. The molecule has 0 bridgehead atoms. The Hall–Kier alpha value is -2.13. The lowest BCUT2D eigenvalue weighted by molar-refractivity contribution is -0.906. The van der Waals surface area contributed by atoms with Gasteiger partial charge in [-0.2, -0.15) is 0 Å². The second-order valence-corrected chi connectivity index (χ2v) is 6.88. The van der Waals surface area contributed by atoms with Crippen LogP contribution in [0.4, 0.5) is 0 Å². The number of rotatable bonds is 6. The van der Waals surface area contributed by atoms with Crippen molar-refractivity contribution in [3.8, 4) is 5.75 Å². The van der Waals surface area contributed by atoms with Gasteiger partial charge >= 0.3 is 5.97 Å². The third-order valence-electron chi connectivity index (χ3n) is 5.72. The van der Waals surface area contributed by atoms with Crippen LogP contribution in [-0.2, 0) is 10.2 Å². The van der Waals surface area contributed by atoms with Crippen LogP contribution in [0.1, 0.15) is 31.4 Å². The van der Waals surface area contributed by atoms with Crippen molar-refractivity contribution in [2.75, 3.05) is 26.7 Å². The molecule has 0 amide bonds. The highest BCUT2D eigenvalue weighted by Crippen LogP contribution is 2.46. The Morgan fingerprint density at radius 3 is 2.25 bits per heavy atom. The predicted molar refractivity (Wildman–Crippen MR) is 96.0 cm³/mol. The van der Waals surface area contributed by atoms with Crippen molar-refractivity contribution in [3.63, 3.8) is 0 Å². The fraction of sp³-hybridized carbons (Fsp3) is 0.381. The van der Waals surface area contributed by atoms with Gasteiger partial charge in [0.25, 0.3) is 0 Å². The number of quaternary nitrogens is 1. The molecular formula is C21H26NO2+. The van der Waals surface area contributed by atoms with Gasteiger partial charge in [0.05, 0.1) is 26.7 Å². The van der Waals surface area contributed by atoms with Crippen LogP contribution >= 0.6 is 0 Å². The van der Waals surface area contributed by atoms with E-state index in [0.29, 0.717) is 5.75 Å². The molecule has 3 rings (SSSR count). The molecule has 1 unspecified atom stereocenters. The Labute approximate surface area is 144 Å². The molecule has 24 heavy (non-hydrogen) atoms. The van der Waals surface area contributed by atoms with Gasteiger partial charge in [0.1, 0.15) is 11.2 Å². The fourth-order valence-corrected chi connectivity index (χ4v) is 3.56. The second kappa shape index (κ2) is 6.40. The first kappa shape index (κ1) is 16.7. The first-order chi connectivity index (χ1) is 11.6. The van der Waals surface area contributed by atoms with E-state index in [-0.39, 0.29) is 5.97 Å². The number of hydrogen-bond acceptors (Lipinski definition) is 2. The van der Waals surface area contributed by atoms with Crippen molar-refractivity contribution in [1.29, 1.82) is 0 Å². The van der Waals surface area contributed by atoms with Crippen LogP contribution in [0.5, 0.6) is 5.75 Å². The van der Waals surface area contributed by atoms with E-state index in [4.69, 9.17) is 4.74 Å². The maximum atomic E-state index is 13.0. The molecule has 2 aromatic carbocycles. The van der Waals surface area contributed by atoms with Gasteiger partial charge in [-0.15, -0.1) is 0 Å². The lowest BCUT2D eigenvalue weighted by Crippen LogP contribution is -2.48. The van der Waals surface area contributed by atoms with Gasteiger partial charge in [0, 0.05) is 12.0 Å². The molecule has 1 aliphatic heterocycles. The number of benzene rings is 2. The number of nitrogens with zero attached hydrogens (tertiary/aromatic N) is 1. The zero-order chi connectivity index (χ0) is 17.2. The third-order valence-corrected chi connectivity index (χ3v) is 5.72. The first-order valence-electron chi connectivity index (χ1n) is 8.76. The van der Waals surface area contributed by atoms with Crippen LogP contribution in [0.2, 0.25) is 0 Å². The molecule has 0 saturated carbocycles. The summed E-state index contributed by atoms with van der Waals surface area (Å²) in [6.07, 6.45) is 0.755.